The predicted octanol–water partition coefficient (Wildman–Crippen LogP) is 2.11. The smallest absolute Gasteiger partial charge is 0.160 e. The second kappa shape index (κ2) is 3.10. The highest BCUT2D eigenvalue weighted by atomic mass is 16.5. The number of benzene rings is 1. The fourth-order valence-corrected chi connectivity index (χ4v) is 1.63. The van der Waals surface area contributed by atoms with Crippen LogP contribution in [0, 0.1) is 6.92 Å². The van der Waals surface area contributed by atoms with E-state index in [0.29, 0.717) is 17.2 Å². The first-order valence-electron chi connectivity index (χ1n) is 4.91. The average molecular weight is 214 g/mol. The molecule has 0 fully saturated rings. The lowest BCUT2D eigenvalue weighted by Crippen LogP contribution is -1.82. The number of rotatable bonds is 1. The van der Waals surface area contributed by atoms with Crippen LogP contribution in [-0.4, -0.2) is 15.1 Å². The number of aromatic amines is 1. The number of anilines is 1. The van der Waals surface area contributed by atoms with Crippen molar-refractivity contribution in [3.63, 3.8) is 0 Å². The summed E-state index contributed by atoms with van der Waals surface area (Å²) in [6.07, 6.45) is 0. The number of aryl methyl sites for hydroxylation is 1. The molecule has 3 N–H and O–H groups in total. The molecule has 1 aromatic carbocycles. The number of hydrogen-bond acceptors (Lipinski definition) is 4. The van der Waals surface area contributed by atoms with Gasteiger partial charge in [-0.2, -0.15) is 0 Å². The molecule has 80 valence electrons. The largest absolute Gasteiger partial charge is 0.399 e. The van der Waals surface area contributed by atoms with Gasteiger partial charge < -0.3 is 15.2 Å². The maximum atomic E-state index is 5.69. The van der Waals surface area contributed by atoms with Gasteiger partial charge in [-0.15, -0.1) is 0 Å². The fraction of sp³-hybridized carbons (Fsp3) is 0.0909. The van der Waals surface area contributed by atoms with E-state index in [1.807, 2.05) is 31.2 Å². The summed E-state index contributed by atoms with van der Waals surface area (Å²) in [7, 11) is 0. The average Bonchev–Trinajstić information content (AvgIpc) is 2.83. The molecule has 5 heteroatoms. The molecule has 5 nitrogen and oxygen atoms in total. The van der Waals surface area contributed by atoms with Crippen LogP contribution in [0.4, 0.5) is 5.69 Å². The number of nitrogens with zero attached hydrogens (tertiary/aromatic N) is 2. The highest BCUT2D eigenvalue weighted by Crippen LogP contribution is 2.21. The first kappa shape index (κ1) is 8.96. The molecule has 0 aliphatic rings. The summed E-state index contributed by atoms with van der Waals surface area (Å²) in [5.41, 5.74) is 8.87. The minimum Gasteiger partial charge on any atom is -0.399 e. The third kappa shape index (κ3) is 1.33. The molecular formula is C11H10N4O. The van der Waals surface area contributed by atoms with E-state index < -0.39 is 0 Å². The summed E-state index contributed by atoms with van der Waals surface area (Å²) < 4.78 is 5.00. The van der Waals surface area contributed by atoms with E-state index in [1.54, 1.807) is 0 Å². The van der Waals surface area contributed by atoms with Crippen LogP contribution in [-0.2, 0) is 0 Å². The minimum absolute atomic E-state index is 0.692. The Morgan fingerprint density at radius 3 is 2.94 bits per heavy atom. The zero-order valence-electron chi connectivity index (χ0n) is 8.69. The van der Waals surface area contributed by atoms with E-state index in [0.717, 1.165) is 16.8 Å². The van der Waals surface area contributed by atoms with Crippen LogP contribution in [0.2, 0.25) is 0 Å². The van der Waals surface area contributed by atoms with Gasteiger partial charge in [0, 0.05) is 11.8 Å². The molecule has 0 radical (unpaired) electrons. The molecule has 0 aliphatic heterocycles. The Hall–Kier alpha value is -2.30. The Balaban J connectivity index is 2.18. The van der Waals surface area contributed by atoms with Crippen LogP contribution < -0.4 is 5.73 Å². The Morgan fingerprint density at radius 1 is 1.31 bits per heavy atom. The van der Waals surface area contributed by atoms with Crippen molar-refractivity contribution < 1.29 is 4.52 Å². The lowest BCUT2D eigenvalue weighted by Gasteiger charge is -1.89. The molecular weight excluding hydrogens is 204 g/mol. The minimum atomic E-state index is 0.692. The van der Waals surface area contributed by atoms with Crippen LogP contribution >= 0.6 is 0 Å². The Bertz CT molecular complexity index is 653. The molecule has 0 unspecified atom stereocenters. The SMILES string of the molecule is Cc1cc(-c2nc3ccc(N)cc3[nH]2)no1. The lowest BCUT2D eigenvalue weighted by atomic mass is 10.3. The maximum Gasteiger partial charge on any atom is 0.160 e. The summed E-state index contributed by atoms with van der Waals surface area (Å²) in [6, 6.07) is 7.37. The summed E-state index contributed by atoms with van der Waals surface area (Å²) >= 11 is 0. The first-order valence-corrected chi connectivity index (χ1v) is 4.91. The van der Waals surface area contributed by atoms with Crippen molar-refractivity contribution in [1.82, 2.24) is 15.1 Å². The Labute approximate surface area is 91.3 Å². The summed E-state index contributed by atoms with van der Waals surface area (Å²) in [5.74, 6) is 1.45. The van der Waals surface area contributed by atoms with E-state index in [2.05, 4.69) is 15.1 Å². The van der Waals surface area contributed by atoms with Gasteiger partial charge in [0.05, 0.1) is 11.0 Å². The third-order valence-electron chi connectivity index (χ3n) is 2.38. The van der Waals surface area contributed by atoms with Crippen molar-refractivity contribution >= 4 is 16.7 Å². The van der Waals surface area contributed by atoms with Crippen LogP contribution in [0.5, 0.6) is 0 Å². The highest BCUT2D eigenvalue weighted by Gasteiger charge is 2.09. The maximum absolute atomic E-state index is 5.69. The number of H-pyrrole nitrogens is 1. The molecule has 3 rings (SSSR count). The van der Waals surface area contributed by atoms with E-state index in [1.165, 1.54) is 0 Å². The normalized spacial score (nSPS) is 11.1. The first-order chi connectivity index (χ1) is 7.72. The summed E-state index contributed by atoms with van der Waals surface area (Å²) in [5, 5.41) is 3.90. The molecule has 0 amide bonds. The van der Waals surface area contributed by atoms with Crippen molar-refractivity contribution in [2.75, 3.05) is 5.73 Å². The van der Waals surface area contributed by atoms with E-state index in [9.17, 15) is 0 Å². The zero-order chi connectivity index (χ0) is 11.1. The number of nitrogens with two attached hydrogens (primary N) is 1. The summed E-state index contributed by atoms with van der Waals surface area (Å²) in [6.45, 7) is 1.84. The van der Waals surface area contributed by atoms with Gasteiger partial charge in [-0.1, -0.05) is 5.16 Å². The van der Waals surface area contributed by atoms with Gasteiger partial charge in [0.25, 0.3) is 0 Å². The Kier molecular flexibility index (Phi) is 1.73. The monoisotopic (exact) mass is 214 g/mol. The van der Waals surface area contributed by atoms with Gasteiger partial charge in [0.2, 0.25) is 0 Å². The molecule has 0 saturated heterocycles. The highest BCUT2D eigenvalue weighted by molar-refractivity contribution is 5.81. The fourth-order valence-electron chi connectivity index (χ4n) is 1.63. The molecule has 2 heterocycles. The number of nitrogen functional groups attached to an aromatic ring is 1. The molecule has 16 heavy (non-hydrogen) atoms. The number of imidazole rings is 1. The number of fused-ring (bicyclic) bond motifs is 1. The van der Waals surface area contributed by atoms with Gasteiger partial charge in [0.15, 0.2) is 5.82 Å². The predicted molar refractivity (Wildman–Crippen MR) is 60.7 cm³/mol. The number of nitrogens with one attached hydrogen (secondary N) is 1. The van der Waals surface area contributed by atoms with Crippen molar-refractivity contribution in [2.24, 2.45) is 0 Å². The lowest BCUT2D eigenvalue weighted by molar-refractivity contribution is 0.399. The molecule has 0 spiro atoms. The Morgan fingerprint density at radius 2 is 2.19 bits per heavy atom. The van der Waals surface area contributed by atoms with Crippen molar-refractivity contribution in [1.29, 1.82) is 0 Å². The van der Waals surface area contributed by atoms with Crippen LogP contribution in [0.1, 0.15) is 5.76 Å². The third-order valence-corrected chi connectivity index (χ3v) is 2.38. The zero-order valence-corrected chi connectivity index (χ0v) is 8.69. The van der Waals surface area contributed by atoms with Gasteiger partial charge in [-0.3, -0.25) is 0 Å². The summed E-state index contributed by atoms with van der Waals surface area (Å²) in [4.78, 5) is 7.56. The van der Waals surface area contributed by atoms with Gasteiger partial charge >= 0.3 is 0 Å². The number of aromatic nitrogens is 3. The van der Waals surface area contributed by atoms with E-state index in [-0.39, 0.29) is 0 Å². The van der Waals surface area contributed by atoms with Gasteiger partial charge in [-0.05, 0) is 25.1 Å². The molecule has 0 saturated carbocycles. The molecule has 0 bridgehead atoms. The van der Waals surface area contributed by atoms with Crippen LogP contribution in [0.15, 0.2) is 28.8 Å². The molecule has 0 atom stereocenters. The quantitative estimate of drug-likeness (QED) is 0.608. The van der Waals surface area contributed by atoms with Crippen molar-refractivity contribution in [2.45, 2.75) is 6.92 Å². The number of hydrogen-bond donors (Lipinski definition) is 2. The van der Waals surface area contributed by atoms with Crippen molar-refractivity contribution in [3.05, 3.63) is 30.0 Å². The molecule has 3 aromatic rings. The van der Waals surface area contributed by atoms with E-state index >= 15 is 0 Å². The van der Waals surface area contributed by atoms with E-state index in [4.69, 9.17) is 10.3 Å². The van der Waals surface area contributed by atoms with Gasteiger partial charge in [-0.25, -0.2) is 4.98 Å². The topological polar surface area (TPSA) is 80.7 Å². The second-order valence-electron chi connectivity index (χ2n) is 3.68. The van der Waals surface area contributed by atoms with Crippen molar-refractivity contribution in [3.8, 4) is 11.5 Å². The molecule has 2 aromatic heterocycles. The molecule has 0 aliphatic carbocycles. The second-order valence-corrected chi connectivity index (χ2v) is 3.68. The van der Waals surface area contributed by atoms with Gasteiger partial charge in [0.1, 0.15) is 11.5 Å². The van der Waals surface area contributed by atoms with Crippen LogP contribution in [0.3, 0.4) is 0 Å². The van der Waals surface area contributed by atoms with Crippen LogP contribution in [0.25, 0.3) is 22.6 Å². The standard InChI is InChI=1S/C11H10N4O/c1-6-4-10(15-16-6)11-13-8-3-2-7(12)5-9(8)14-11/h2-5H,12H2,1H3,(H,13,14).